The molecule has 3 N–H and O–H groups in total. The number of nitrogens with one attached hydrogen (secondary N) is 1. The summed E-state index contributed by atoms with van der Waals surface area (Å²) in [5.41, 5.74) is 0. The van der Waals surface area contributed by atoms with Crippen molar-refractivity contribution in [1.29, 1.82) is 0 Å². The molecule has 1 heterocycles. The van der Waals surface area contributed by atoms with E-state index in [9.17, 15) is 0 Å². The Morgan fingerprint density at radius 2 is 2.20 bits per heavy atom. The normalized spacial score (nSPS) is 33.0. The van der Waals surface area contributed by atoms with Gasteiger partial charge in [0.05, 0.1) is 6.10 Å². The number of hydrogen-bond acceptors (Lipinski definition) is 3. The molecule has 0 bridgehead atoms. The van der Waals surface area contributed by atoms with Crippen LogP contribution < -0.4 is 5.32 Å². The molecule has 1 saturated heterocycles. The number of β-amino-alcohol motifs (C(OH)–C–C–N with tert-alkyl or cyclic N) is 1. The molecular formula is C6H14ClNO2. The number of rotatable bonds is 1. The molecule has 0 spiro atoms. The molecule has 0 aliphatic carbocycles. The largest absolute Gasteiger partial charge is 0.396 e. The van der Waals surface area contributed by atoms with Crippen molar-refractivity contribution in [3.05, 3.63) is 0 Å². The van der Waals surface area contributed by atoms with Gasteiger partial charge in [0.15, 0.2) is 0 Å². The van der Waals surface area contributed by atoms with Crippen LogP contribution in [0.5, 0.6) is 0 Å². The number of halogens is 1. The van der Waals surface area contributed by atoms with Crippen molar-refractivity contribution in [2.45, 2.75) is 12.5 Å². The van der Waals surface area contributed by atoms with Gasteiger partial charge >= 0.3 is 0 Å². The Morgan fingerprint density at radius 1 is 1.50 bits per heavy atom. The second kappa shape index (κ2) is 4.91. The lowest BCUT2D eigenvalue weighted by Crippen LogP contribution is -2.41. The zero-order valence-electron chi connectivity index (χ0n) is 5.79. The zero-order chi connectivity index (χ0) is 6.69. The van der Waals surface area contributed by atoms with Crippen molar-refractivity contribution in [2.75, 3.05) is 19.7 Å². The first-order chi connectivity index (χ1) is 4.34. The Morgan fingerprint density at radius 3 is 2.60 bits per heavy atom. The van der Waals surface area contributed by atoms with Crippen LogP contribution in [0.25, 0.3) is 0 Å². The van der Waals surface area contributed by atoms with E-state index in [2.05, 4.69) is 5.32 Å². The predicted octanol–water partition coefficient (Wildman–Crippen LogP) is -0.629. The van der Waals surface area contributed by atoms with Gasteiger partial charge in [-0.2, -0.15) is 0 Å². The van der Waals surface area contributed by atoms with Gasteiger partial charge in [-0.3, -0.25) is 0 Å². The van der Waals surface area contributed by atoms with Crippen molar-refractivity contribution in [2.24, 2.45) is 5.92 Å². The molecule has 62 valence electrons. The minimum Gasteiger partial charge on any atom is -0.396 e. The Kier molecular flexibility index (Phi) is 4.99. The Labute approximate surface area is 66.8 Å². The lowest BCUT2D eigenvalue weighted by Gasteiger charge is -2.26. The highest BCUT2D eigenvalue weighted by molar-refractivity contribution is 5.85. The van der Waals surface area contributed by atoms with E-state index >= 15 is 0 Å². The summed E-state index contributed by atoms with van der Waals surface area (Å²) in [4.78, 5) is 0. The molecule has 3 nitrogen and oxygen atoms in total. The molecule has 1 aliphatic heterocycles. The van der Waals surface area contributed by atoms with Crippen LogP contribution in [0.4, 0.5) is 0 Å². The minimum atomic E-state index is -0.344. The molecule has 4 heteroatoms. The molecule has 0 aromatic heterocycles. The summed E-state index contributed by atoms with van der Waals surface area (Å²) >= 11 is 0. The standard InChI is InChI=1S/C6H13NO2.ClH/c8-4-5-1-2-7-3-6(5)9;/h5-9H,1-4H2;1H. The molecule has 1 fully saturated rings. The quantitative estimate of drug-likeness (QED) is 0.488. The van der Waals surface area contributed by atoms with Crippen molar-refractivity contribution >= 4 is 12.4 Å². The lowest BCUT2D eigenvalue weighted by atomic mass is 9.96. The van der Waals surface area contributed by atoms with Gasteiger partial charge in [0.1, 0.15) is 0 Å². The molecule has 1 rings (SSSR count). The maximum atomic E-state index is 9.15. The number of aliphatic hydroxyl groups excluding tert-OH is 2. The summed E-state index contributed by atoms with van der Waals surface area (Å²) in [5, 5.41) is 20.9. The molecule has 0 aromatic rings. The average Bonchev–Trinajstić information content (AvgIpc) is 1.89. The zero-order valence-corrected chi connectivity index (χ0v) is 6.60. The molecule has 2 atom stereocenters. The molecule has 0 radical (unpaired) electrons. The van der Waals surface area contributed by atoms with E-state index in [0.717, 1.165) is 13.0 Å². The van der Waals surface area contributed by atoms with E-state index in [1.165, 1.54) is 0 Å². The van der Waals surface area contributed by atoms with Crippen molar-refractivity contribution in [3.8, 4) is 0 Å². The summed E-state index contributed by atoms with van der Waals surface area (Å²) in [6.45, 7) is 1.66. The fourth-order valence-electron chi connectivity index (χ4n) is 1.11. The SMILES string of the molecule is Cl.OCC1CCNCC1O. The number of hydrogen-bond donors (Lipinski definition) is 3. The molecule has 2 unspecified atom stereocenters. The highest BCUT2D eigenvalue weighted by Gasteiger charge is 2.20. The van der Waals surface area contributed by atoms with Gasteiger partial charge in [-0.25, -0.2) is 0 Å². The van der Waals surface area contributed by atoms with E-state index < -0.39 is 0 Å². The topological polar surface area (TPSA) is 52.5 Å². The van der Waals surface area contributed by atoms with Crippen LogP contribution in [0.15, 0.2) is 0 Å². The van der Waals surface area contributed by atoms with Crippen LogP contribution in [-0.2, 0) is 0 Å². The summed E-state index contributed by atoms with van der Waals surface area (Å²) in [7, 11) is 0. The maximum absolute atomic E-state index is 9.15. The smallest absolute Gasteiger partial charge is 0.0715 e. The molecule has 0 amide bonds. The first kappa shape index (κ1) is 10.2. The second-order valence-electron chi connectivity index (χ2n) is 2.50. The fraction of sp³-hybridized carbons (Fsp3) is 1.00. The van der Waals surface area contributed by atoms with Crippen LogP contribution in [0.2, 0.25) is 0 Å². The Balaban J connectivity index is 0.000000810. The first-order valence-electron chi connectivity index (χ1n) is 3.34. The van der Waals surface area contributed by atoms with Gasteiger partial charge in [0, 0.05) is 19.1 Å². The van der Waals surface area contributed by atoms with Gasteiger partial charge in [-0.15, -0.1) is 12.4 Å². The predicted molar refractivity (Wildman–Crippen MR) is 41.3 cm³/mol. The van der Waals surface area contributed by atoms with Crippen LogP contribution in [0.1, 0.15) is 6.42 Å². The van der Waals surface area contributed by atoms with E-state index in [4.69, 9.17) is 10.2 Å². The Hall–Kier alpha value is 0.170. The van der Waals surface area contributed by atoms with Gasteiger partial charge in [-0.1, -0.05) is 0 Å². The molecule has 1 aliphatic rings. The minimum absolute atomic E-state index is 0. The molecule has 0 saturated carbocycles. The van der Waals surface area contributed by atoms with Gasteiger partial charge in [0.2, 0.25) is 0 Å². The maximum Gasteiger partial charge on any atom is 0.0715 e. The number of piperidine rings is 1. The van der Waals surface area contributed by atoms with E-state index in [1.807, 2.05) is 0 Å². The van der Waals surface area contributed by atoms with Crippen LogP contribution in [0, 0.1) is 5.92 Å². The van der Waals surface area contributed by atoms with Crippen LogP contribution in [-0.4, -0.2) is 36.0 Å². The van der Waals surface area contributed by atoms with Crippen LogP contribution in [0.3, 0.4) is 0 Å². The Bertz CT molecular complexity index is 91.8. The molecule has 10 heavy (non-hydrogen) atoms. The lowest BCUT2D eigenvalue weighted by molar-refractivity contribution is 0.0460. The van der Waals surface area contributed by atoms with E-state index in [1.54, 1.807) is 0 Å². The summed E-state index contributed by atoms with van der Waals surface area (Å²) in [6, 6.07) is 0. The fourth-order valence-corrected chi connectivity index (χ4v) is 1.11. The third kappa shape index (κ3) is 2.42. The monoisotopic (exact) mass is 167 g/mol. The van der Waals surface area contributed by atoms with Gasteiger partial charge in [-0.05, 0) is 13.0 Å². The first-order valence-corrected chi connectivity index (χ1v) is 3.34. The summed E-state index contributed by atoms with van der Waals surface area (Å²) in [5.74, 6) is 0.103. The highest BCUT2D eigenvalue weighted by Crippen LogP contribution is 2.10. The average molecular weight is 168 g/mol. The highest BCUT2D eigenvalue weighted by atomic mass is 35.5. The van der Waals surface area contributed by atoms with Gasteiger partial charge < -0.3 is 15.5 Å². The summed E-state index contributed by atoms with van der Waals surface area (Å²) < 4.78 is 0. The van der Waals surface area contributed by atoms with E-state index in [0.29, 0.717) is 6.54 Å². The van der Waals surface area contributed by atoms with Gasteiger partial charge in [0.25, 0.3) is 0 Å². The molecular weight excluding hydrogens is 154 g/mol. The third-order valence-electron chi connectivity index (χ3n) is 1.82. The van der Waals surface area contributed by atoms with Crippen molar-refractivity contribution in [1.82, 2.24) is 5.32 Å². The van der Waals surface area contributed by atoms with Crippen LogP contribution >= 0.6 is 12.4 Å². The van der Waals surface area contributed by atoms with Crippen molar-refractivity contribution < 1.29 is 10.2 Å². The van der Waals surface area contributed by atoms with E-state index in [-0.39, 0.29) is 31.0 Å². The molecule has 0 aromatic carbocycles. The second-order valence-corrected chi connectivity index (χ2v) is 2.50. The van der Waals surface area contributed by atoms with Crippen molar-refractivity contribution in [3.63, 3.8) is 0 Å². The summed E-state index contributed by atoms with van der Waals surface area (Å²) in [6.07, 6.45) is 0.543. The number of aliphatic hydroxyl groups is 2. The third-order valence-corrected chi connectivity index (χ3v) is 1.82.